The third-order valence-electron chi connectivity index (χ3n) is 8.12. The van der Waals surface area contributed by atoms with Gasteiger partial charge >= 0.3 is 12.1 Å². The Hall–Kier alpha value is -3.16. The molecule has 1 aliphatic heterocycles. The first kappa shape index (κ1) is 35.3. The zero-order valence-corrected chi connectivity index (χ0v) is 26.2. The first-order valence-electron chi connectivity index (χ1n) is 14.2. The van der Waals surface area contributed by atoms with Gasteiger partial charge in [-0.05, 0) is 82.8 Å². The highest BCUT2D eigenvalue weighted by molar-refractivity contribution is 7.91. The van der Waals surface area contributed by atoms with Gasteiger partial charge < -0.3 is 20.2 Å². The number of hydrogen-bond acceptors (Lipinski definition) is 6. The van der Waals surface area contributed by atoms with Crippen molar-refractivity contribution in [1.29, 1.82) is 0 Å². The number of hydrogen-bond donors (Lipinski definition) is 2. The fourth-order valence-corrected chi connectivity index (χ4v) is 7.52. The first-order valence-corrected chi connectivity index (χ1v) is 16.2. The molecule has 1 saturated heterocycles. The predicted octanol–water partition coefficient (Wildman–Crippen LogP) is 4.66. The number of alkyl halides is 3. The topological polar surface area (TPSA) is 124 Å². The second-order valence-corrected chi connectivity index (χ2v) is 13.8. The van der Waals surface area contributed by atoms with Crippen molar-refractivity contribution in [3.05, 3.63) is 65.2 Å². The third kappa shape index (κ3) is 9.18. The van der Waals surface area contributed by atoms with Crippen LogP contribution in [0.25, 0.3) is 0 Å². The van der Waals surface area contributed by atoms with Crippen molar-refractivity contribution in [2.24, 2.45) is 5.92 Å². The van der Waals surface area contributed by atoms with Gasteiger partial charge in [0.2, 0.25) is 5.91 Å². The van der Waals surface area contributed by atoms with E-state index in [0.29, 0.717) is 40.9 Å². The van der Waals surface area contributed by atoms with Crippen LogP contribution < -0.4 is 5.32 Å². The van der Waals surface area contributed by atoms with Gasteiger partial charge in [0.05, 0.1) is 10.6 Å². The van der Waals surface area contributed by atoms with E-state index in [4.69, 9.17) is 21.5 Å². The Morgan fingerprint density at radius 2 is 1.73 bits per heavy atom. The molecule has 0 bridgehead atoms. The summed E-state index contributed by atoms with van der Waals surface area (Å²) in [6, 6.07) is 14.9. The molecular formula is C30H37ClF3N3O6S. The van der Waals surface area contributed by atoms with Crippen LogP contribution in [0.15, 0.2) is 59.5 Å². The van der Waals surface area contributed by atoms with Gasteiger partial charge in [-0.3, -0.25) is 9.59 Å². The summed E-state index contributed by atoms with van der Waals surface area (Å²) in [6.45, 7) is 4.77. The van der Waals surface area contributed by atoms with Gasteiger partial charge in [-0.15, -0.1) is 0 Å². The number of nitrogens with one attached hydrogen (secondary N) is 1. The van der Waals surface area contributed by atoms with Gasteiger partial charge in [-0.1, -0.05) is 35.9 Å². The largest absolute Gasteiger partial charge is 0.490 e. The molecule has 1 heterocycles. The number of benzene rings is 2. The highest BCUT2D eigenvalue weighted by atomic mass is 35.5. The molecule has 4 rings (SSSR count). The van der Waals surface area contributed by atoms with Crippen LogP contribution in [0.1, 0.15) is 49.9 Å². The van der Waals surface area contributed by atoms with Crippen molar-refractivity contribution in [1.82, 2.24) is 15.1 Å². The van der Waals surface area contributed by atoms with E-state index in [9.17, 15) is 31.2 Å². The lowest BCUT2D eigenvalue weighted by molar-refractivity contribution is -0.192. The fraction of sp³-hybridized carbons (Fsp3) is 0.500. The number of carboxylic acids is 1. The van der Waals surface area contributed by atoms with Crippen LogP contribution in [0, 0.1) is 5.92 Å². The van der Waals surface area contributed by atoms with Crippen molar-refractivity contribution in [3.8, 4) is 0 Å². The van der Waals surface area contributed by atoms with Crippen LogP contribution in [0.2, 0.25) is 5.02 Å². The van der Waals surface area contributed by atoms with Crippen LogP contribution in [0.5, 0.6) is 0 Å². The molecule has 1 saturated carbocycles. The fourth-order valence-electron chi connectivity index (χ4n) is 5.65. The Kier molecular flexibility index (Phi) is 11.8. The molecule has 9 nitrogen and oxygen atoms in total. The molecule has 2 aromatic rings. The van der Waals surface area contributed by atoms with Crippen molar-refractivity contribution >= 4 is 39.2 Å². The summed E-state index contributed by atoms with van der Waals surface area (Å²) in [5.41, 5.74) is 0.405. The van der Waals surface area contributed by atoms with Crippen molar-refractivity contribution in [2.45, 2.75) is 74.8 Å². The molecular weight excluding hydrogens is 623 g/mol. The van der Waals surface area contributed by atoms with Crippen LogP contribution in [-0.4, -0.2) is 90.8 Å². The molecule has 0 radical (unpaired) electrons. The molecule has 0 aromatic heterocycles. The number of carboxylic acid groups (broad SMARTS) is 1. The molecule has 2 aliphatic rings. The van der Waals surface area contributed by atoms with E-state index in [0.717, 1.165) is 12.8 Å². The van der Waals surface area contributed by atoms with Gasteiger partial charge in [-0.25, -0.2) is 13.2 Å². The monoisotopic (exact) mass is 659 g/mol. The minimum Gasteiger partial charge on any atom is -0.475 e. The van der Waals surface area contributed by atoms with E-state index in [1.54, 1.807) is 54.6 Å². The summed E-state index contributed by atoms with van der Waals surface area (Å²) >= 11 is 6.02. The maximum atomic E-state index is 13.5. The minimum atomic E-state index is -5.08. The molecule has 1 aliphatic carbocycles. The highest BCUT2D eigenvalue weighted by Crippen LogP contribution is 2.36. The molecule has 44 heavy (non-hydrogen) atoms. The molecule has 0 unspecified atom stereocenters. The average molecular weight is 660 g/mol. The number of nitrogens with zero attached hydrogens (tertiary/aromatic N) is 2. The van der Waals surface area contributed by atoms with E-state index >= 15 is 0 Å². The van der Waals surface area contributed by atoms with E-state index in [-0.39, 0.29) is 35.6 Å². The summed E-state index contributed by atoms with van der Waals surface area (Å²) in [7, 11) is -1.44. The number of carbonyl (C=O) groups excluding carboxylic acids is 2. The maximum Gasteiger partial charge on any atom is 0.490 e. The molecule has 0 spiro atoms. The Morgan fingerprint density at radius 1 is 1.09 bits per heavy atom. The van der Waals surface area contributed by atoms with Crippen LogP contribution in [-0.2, 0) is 19.4 Å². The molecule has 2 N–H and O–H groups in total. The van der Waals surface area contributed by atoms with Crippen LogP contribution in [0.4, 0.5) is 13.2 Å². The quantitative estimate of drug-likeness (QED) is 0.423. The summed E-state index contributed by atoms with van der Waals surface area (Å²) in [6.07, 6.45) is -2.26. The zero-order valence-electron chi connectivity index (χ0n) is 24.6. The summed E-state index contributed by atoms with van der Waals surface area (Å²) < 4.78 is 58.5. The Balaban J connectivity index is 0.000000676. The van der Waals surface area contributed by atoms with Gasteiger partial charge in [0, 0.05) is 35.3 Å². The zero-order chi connectivity index (χ0) is 32.8. The molecule has 4 atom stereocenters. The molecule has 2 aromatic carbocycles. The lowest BCUT2D eigenvalue weighted by atomic mass is 9.81. The number of carbonyl (C=O) groups is 3. The number of likely N-dealkylation sites (tertiary alicyclic amines) is 1. The summed E-state index contributed by atoms with van der Waals surface area (Å²) in [5, 5.41) is 10.4. The normalized spacial score (nSPS) is 22.5. The van der Waals surface area contributed by atoms with E-state index < -0.39 is 28.0 Å². The Bertz CT molecular complexity index is 1420. The van der Waals surface area contributed by atoms with Gasteiger partial charge in [-0.2, -0.15) is 13.2 Å². The van der Waals surface area contributed by atoms with Gasteiger partial charge in [0.1, 0.15) is 6.04 Å². The molecule has 14 heteroatoms. The Morgan fingerprint density at radius 3 is 2.30 bits per heavy atom. The van der Waals surface area contributed by atoms with Crippen molar-refractivity contribution in [3.63, 3.8) is 0 Å². The standard InChI is InChI=1S/C28H36ClN3O4S.C2HF3O2/c1-19(2)31(3)23-12-13-26(21(17-23)18-37(35,36)24-10-5-4-6-11-24)32-15-14-25(28(32)34)30-27(33)20-8-7-9-22(29)16-20;3-2(4,5)1(6)7/h4-11,16,19,21,23,25-26H,12-15,17-18H2,1-3H3,(H,30,33);(H,6,7)/t21-,23+,25-,26-;/m0./s1. The average Bonchev–Trinajstić information content (AvgIpc) is 3.31. The van der Waals surface area contributed by atoms with Crippen molar-refractivity contribution < 1.29 is 41.1 Å². The Labute approximate surface area is 260 Å². The molecule has 242 valence electrons. The maximum absolute atomic E-state index is 13.5. The number of rotatable bonds is 8. The third-order valence-corrected chi connectivity index (χ3v) is 10.2. The van der Waals surface area contributed by atoms with Crippen LogP contribution in [0.3, 0.4) is 0 Å². The van der Waals surface area contributed by atoms with Gasteiger partial charge in [0.15, 0.2) is 9.84 Å². The minimum absolute atomic E-state index is 0.00651. The SMILES string of the molecule is CC(C)N(C)[C@@H]1CC[C@H](N2CC[C@H](NC(=O)c3cccc(Cl)c3)C2=O)[C@H](CS(=O)(=O)c2ccccc2)C1.O=C(O)C(F)(F)F. The number of aliphatic carboxylic acids is 1. The van der Waals surface area contributed by atoms with E-state index in [1.807, 2.05) is 4.90 Å². The van der Waals surface area contributed by atoms with Crippen LogP contribution >= 0.6 is 11.6 Å². The second-order valence-electron chi connectivity index (χ2n) is 11.3. The highest BCUT2D eigenvalue weighted by Gasteiger charge is 2.44. The molecule has 2 amide bonds. The van der Waals surface area contributed by atoms with Gasteiger partial charge in [0.25, 0.3) is 5.91 Å². The smallest absolute Gasteiger partial charge is 0.475 e. The number of halogens is 4. The number of amides is 2. The van der Waals surface area contributed by atoms with E-state index in [1.165, 1.54) is 0 Å². The predicted molar refractivity (Wildman–Crippen MR) is 159 cm³/mol. The van der Waals surface area contributed by atoms with Crippen molar-refractivity contribution in [2.75, 3.05) is 19.3 Å². The summed E-state index contributed by atoms with van der Waals surface area (Å²) in [5.74, 6) is -3.44. The molecule has 2 fully saturated rings. The lowest BCUT2D eigenvalue weighted by Crippen LogP contribution is -2.53. The first-order chi connectivity index (χ1) is 20.5. The summed E-state index contributed by atoms with van der Waals surface area (Å²) in [4.78, 5) is 39.5. The number of sulfone groups is 1. The second kappa shape index (κ2) is 14.7. The lowest BCUT2D eigenvalue weighted by Gasteiger charge is -2.44. The van der Waals surface area contributed by atoms with E-state index in [2.05, 4.69) is 31.1 Å².